The molecule has 2 heterocycles. The molecular weight excluding hydrogens is 230 g/mol. The minimum Gasteiger partial charge on any atom is -0.382 e. The van der Waals surface area contributed by atoms with Gasteiger partial charge in [-0.05, 0) is 54.8 Å². The van der Waals surface area contributed by atoms with Crippen molar-refractivity contribution in [1.29, 1.82) is 0 Å². The highest BCUT2D eigenvalue weighted by molar-refractivity contribution is 7.17. The zero-order valence-corrected chi connectivity index (χ0v) is 10.8. The van der Waals surface area contributed by atoms with Crippen LogP contribution in [-0.4, -0.2) is 18.8 Å². The molecule has 1 aliphatic rings. The van der Waals surface area contributed by atoms with E-state index in [1.807, 2.05) is 0 Å². The molecule has 2 atom stereocenters. The second kappa shape index (κ2) is 4.67. The lowest BCUT2D eigenvalue weighted by Gasteiger charge is -2.13. The van der Waals surface area contributed by atoms with E-state index < -0.39 is 0 Å². The van der Waals surface area contributed by atoms with Gasteiger partial charge in [0.1, 0.15) is 0 Å². The predicted molar refractivity (Wildman–Crippen MR) is 73.9 cm³/mol. The van der Waals surface area contributed by atoms with E-state index in [4.69, 9.17) is 4.74 Å². The molecule has 0 spiro atoms. The van der Waals surface area contributed by atoms with Gasteiger partial charge < -0.3 is 10.1 Å². The summed E-state index contributed by atoms with van der Waals surface area (Å²) < 4.78 is 7.14. The summed E-state index contributed by atoms with van der Waals surface area (Å²) in [4.78, 5) is 0. The Morgan fingerprint density at radius 3 is 3.12 bits per heavy atom. The number of hydrogen-bond donors (Lipinski definition) is 1. The number of ether oxygens (including phenoxy) is 1. The number of fused-ring (bicyclic) bond motifs is 1. The predicted octanol–water partition coefficient (Wildman–Crippen LogP) is 3.88. The van der Waals surface area contributed by atoms with E-state index in [1.54, 1.807) is 11.3 Å². The first-order valence-electron chi connectivity index (χ1n) is 6.18. The SMILES string of the molecule is CC1CCC(CNc2ccc3sccc3c2)O1. The number of nitrogens with one attached hydrogen (secondary N) is 1. The number of thiophene rings is 1. The van der Waals surface area contributed by atoms with Gasteiger partial charge in [0.2, 0.25) is 0 Å². The molecule has 1 aromatic carbocycles. The monoisotopic (exact) mass is 247 g/mol. The van der Waals surface area contributed by atoms with E-state index in [2.05, 4.69) is 41.9 Å². The van der Waals surface area contributed by atoms with Gasteiger partial charge in [-0.1, -0.05) is 0 Å². The molecule has 0 saturated carbocycles. The molecule has 3 heteroatoms. The average Bonchev–Trinajstić information content (AvgIpc) is 2.94. The van der Waals surface area contributed by atoms with Gasteiger partial charge in [-0.15, -0.1) is 11.3 Å². The van der Waals surface area contributed by atoms with Crippen molar-refractivity contribution >= 4 is 27.1 Å². The molecule has 0 radical (unpaired) electrons. The van der Waals surface area contributed by atoms with Crippen LogP contribution >= 0.6 is 11.3 Å². The first-order chi connectivity index (χ1) is 8.31. The zero-order valence-electron chi connectivity index (χ0n) is 9.98. The summed E-state index contributed by atoms with van der Waals surface area (Å²) >= 11 is 1.79. The molecule has 2 aromatic rings. The van der Waals surface area contributed by atoms with Gasteiger partial charge in [-0.2, -0.15) is 0 Å². The van der Waals surface area contributed by atoms with Gasteiger partial charge in [0, 0.05) is 16.9 Å². The molecule has 1 aliphatic heterocycles. The first kappa shape index (κ1) is 11.1. The third kappa shape index (κ3) is 2.45. The maximum atomic E-state index is 5.80. The average molecular weight is 247 g/mol. The molecule has 1 N–H and O–H groups in total. The summed E-state index contributed by atoms with van der Waals surface area (Å²) in [7, 11) is 0. The van der Waals surface area contributed by atoms with Crippen molar-refractivity contribution in [3.63, 3.8) is 0 Å². The Hall–Kier alpha value is -1.06. The Labute approximate surface area is 106 Å². The van der Waals surface area contributed by atoms with Crippen LogP contribution < -0.4 is 5.32 Å². The molecular formula is C14H17NOS. The Kier molecular flexibility index (Phi) is 3.04. The van der Waals surface area contributed by atoms with Crippen molar-refractivity contribution < 1.29 is 4.74 Å². The highest BCUT2D eigenvalue weighted by Gasteiger charge is 2.21. The van der Waals surface area contributed by atoms with Gasteiger partial charge in [0.05, 0.1) is 12.2 Å². The Bertz CT molecular complexity index is 508. The topological polar surface area (TPSA) is 21.3 Å². The van der Waals surface area contributed by atoms with Gasteiger partial charge in [-0.3, -0.25) is 0 Å². The van der Waals surface area contributed by atoms with Crippen molar-refractivity contribution in [2.24, 2.45) is 0 Å². The number of benzene rings is 1. The molecule has 2 nitrogen and oxygen atoms in total. The molecule has 3 rings (SSSR count). The van der Waals surface area contributed by atoms with E-state index >= 15 is 0 Å². The van der Waals surface area contributed by atoms with Crippen molar-refractivity contribution in [1.82, 2.24) is 0 Å². The molecule has 0 amide bonds. The van der Waals surface area contributed by atoms with E-state index in [1.165, 1.54) is 28.6 Å². The summed E-state index contributed by atoms with van der Waals surface area (Å²) in [5, 5.41) is 6.92. The lowest BCUT2D eigenvalue weighted by atomic mass is 10.2. The smallest absolute Gasteiger partial charge is 0.0751 e. The van der Waals surface area contributed by atoms with Crippen LogP contribution in [0.5, 0.6) is 0 Å². The van der Waals surface area contributed by atoms with Gasteiger partial charge in [0.15, 0.2) is 0 Å². The van der Waals surface area contributed by atoms with Gasteiger partial charge in [-0.25, -0.2) is 0 Å². The van der Waals surface area contributed by atoms with Gasteiger partial charge >= 0.3 is 0 Å². The lowest BCUT2D eigenvalue weighted by molar-refractivity contribution is 0.0637. The summed E-state index contributed by atoms with van der Waals surface area (Å²) in [5.74, 6) is 0. The van der Waals surface area contributed by atoms with Crippen molar-refractivity contribution in [3.8, 4) is 0 Å². The molecule has 90 valence electrons. The second-order valence-electron chi connectivity index (χ2n) is 4.70. The summed E-state index contributed by atoms with van der Waals surface area (Å²) in [6.45, 7) is 3.07. The molecule has 17 heavy (non-hydrogen) atoms. The third-order valence-corrected chi connectivity index (χ3v) is 4.20. The van der Waals surface area contributed by atoms with Crippen molar-refractivity contribution in [2.45, 2.75) is 32.0 Å². The minimum atomic E-state index is 0.378. The Morgan fingerprint density at radius 1 is 1.35 bits per heavy atom. The first-order valence-corrected chi connectivity index (χ1v) is 7.06. The van der Waals surface area contributed by atoms with Gasteiger partial charge in [0.25, 0.3) is 0 Å². The maximum absolute atomic E-state index is 5.80. The van der Waals surface area contributed by atoms with Crippen LogP contribution in [0.15, 0.2) is 29.6 Å². The van der Waals surface area contributed by atoms with Crippen LogP contribution in [0.3, 0.4) is 0 Å². The molecule has 2 unspecified atom stereocenters. The zero-order chi connectivity index (χ0) is 11.7. The van der Waals surface area contributed by atoms with E-state index in [9.17, 15) is 0 Å². The lowest BCUT2D eigenvalue weighted by Crippen LogP contribution is -2.19. The van der Waals surface area contributed by atoms with E-state index in [0.29, 0.717) is 12.2 Å². The van der Waals surface area contributed by atoms with Crippen molar-refractivity contribution in [3.05, 3.63) is 29.6 Å². The normalized spacial score (nSPS) is 24.3. The second-order valence-corrected chi connectivity index (χ2v) is 5.65. The standard InChI is InChI=1S/C14H17NOS/c1-10-2-4-13(16-10)9-15-12-3-5-14-11(8-12)6-7-17-14/h3,5-8,10,13,15H,2,4,9H2,1H3. The minimum absolute atomic E-state index is 0.378. The third-order valence-electron chi connectivity index (χ3n) is 3.31. The quantitative estimate of drug-likeness (QED) is 0.888. The fourth-order valence-corrected chi connectivity index (χ4v) is 3.11. The highest BCUT2D eigenvalue weighted by Crippen LogP contribution is 2.25. The largest absolute Gasteiger partial charge is 0.382 e. The van der Waals surface area contributed by atoms with Crippen LogP contribution in [0.1, 0.15) is 19.8 Å². The number of rotatable bonds is 3. The Balaban J connectivity index is 1.64. The van der Waals surface area contributed by atoms with E-state index in [0.717, 1.165) is 6.54 Å². The fourth-order valence-electron chi connectivity index (χ4n) is 2.34. The summed E-state index contributed by atoms with van der Waals surface area (Å²) in [6, 6.07) is 8.71. The van der Waals surface area contributed by atoms with Crippen LogP contribution in [0.25, 0.3) is 10.1 Å². The molecule has 1 fully saturated rings. The fraction of sp³-hybridized carbons (Fsp3) is 0.429. The van der Waals surface area contributed by atoms with Crippen LogP contribution in [-0.2, 0) is 4.74 Å². The molecule has 1 aromatic heterocycles. The van der Waals surface area contributed by atoms with Crippen LogP contribution in [0, 0.1) is 0 Å². The summed E-state index contributed by atoms with van der Waals surface area (Å²) in [5.41, 5.74) is 1.19. The maximum Gasteiger partial charge on any atom is 0.0751 e. The Morgan fingerprint density at radius 2 is 2.29 bits per heavy atom. The van der Waals surface area contributed by atoms with Crippen LogP contribution in [0.4, 0.5) is 5.69 Å². The summed E-state index contributed by atoms with van der Waals surface area (Å²) in [6.07, 6.45) is 3.18. The number of hydrogen-bond acceptors (Lipinski definition) is 3. The molecule has 0 bridgehead atoms. The van der Waals surface area contributed by atoms with E-state index in [-0.39, 0.29) is 0 Å². The molecule has 0 aliphatic carbocycles. The highest BCUT2D eigenvalue weighted by atomic mass is 32.1. The molecule has 1 saturated heterocycles. The number of anilines is 1. The van der Waals surface area contributed by atoms with Crippen molar-refractivity contribution in [2.75, 3.05) is 11.9 Å². The van der Waals surface area contributed by atoms with Crippen LogP contribution in [0.2, 0.25) is 0 Å².